The molecule has 0 atom stereocenters. The summed E-state index contributed by atoms with van der Waals surface area (Å²) in [4.78, 5) is 14.4. The van der Waals surface area contributed by atoms with Gasteiger partial charge in [0.2, 0.25) is 0 Å². The second kappa shape index (κ2) is 5.80. The van der Waals surface area contributed by atoms with E-state index in [1.165, 1.54) is 0 Å². The summed E-state index contributed by atoms with van der Waals surface area (Å²) in [5.74, 6) is 2.83. The first-order valence-electron chi connectivity index (χ1n) is 4.42. The van der Waals surface area contributed by atoms with Gasteiger partial charge in [-0.25, -0.2) is 4.98 Å². The van der Waals surface area contributed by atoms with Crippen LogP contribution in [0.25, 0.3) is 0 Å². The van der Waals surface area contributed by atoms with Crippen LogP contribution in [0.4, 0.5) is 0 Å². The number of aryl methyl sites for hydroxylation is 1. The van der Waals surface area contributed by atoms with Crippen LogP contribution in [0.5, 0.6) is 0 Å². The normalized spacial score (nSPS) is 10.2. The first kappa shape index (κ1) is 10.3. The van der Waals surface area contributed by atoms with Gasteiger partial charge >= 0.3 is 0 Å². The molecule has 0 aliphatic carbocycles. The number of carbonyl (C=O) groups excluding carboxylic acids is 1. The molecule has 4 heteroatoms. The van der Waals surface area contributed by atoms with E-state index in [0.29, 0.717) is 5.82 Å². The summed E-state index contributed by atoms with van der Waals surface area (Å²) < 4.78 is 1.89. The number of aldehydes is 1. The minimum Gasteiger partial charge on any atom is -0.329 e. The highest BCUT2D eigenvalue weighted by Gasteiger charge is 1.99. The number of carbonyl (C=O) groups is 1. The maximum atomic E-state index is 10.5. The van der Waals surface area contributed by atoms with Crippen LogP contribution in [0.1, 0.15) is 24.0 Å². The third-order valence-electron chi connectivity index (χ3n) is 1.74. The molecule has 0 fully saturated rings. The van der Waals surface area contributed by atoms with Crippen molar-refractivity contribution in [1.82, 2.24) is 9.55 Å². The van der Waals surface area contributed by atoms with Crippen molar-refractivity contribution in [3.63, 3.8) is 0 Å². The number of hydrogen-bond donors (Lipinski definition) is 0. The van der Waals surface area contributed by atoms with E-state index in [4.69, 9.17) is 0 Å². The first-order valence-corrected chi connectivity index (χ1v) is 5.58. The minimum atomic E-state index is 0.529. The molecule has 1 rings (SSSR count). The third kappa shape index (κ3) is 3.22. The van der Waals surface area contributed by atoms with Gasteiger partial charge < -0.3 is 4.57 Å². The summed E-state index contributed by atoms with van der Waals surface area (Å²) in [6, 6.07) is 0. The van der Waals surface area contributed by atoms with Crippen LogP contribution in [0, 0.1) is 0 Å². The highest BCUT2D eigenvalue weighted by molar-refractivity contribution is 7.99. The summed E-state index contributed by atoms with van der Waals surface area (Å²) in [5, 5.41) is 0. The van der Waals surface area contributed by atoms with Gasteiger partial charge in [0, 0.05) is 18.9 Å². The Labute approximate surface area is 82.5 Å². The summed E-state index contributed by atoms with van der Waals surface area (Å²) in [6.07, 6.45) is 5.40. The monoisotopic (exact) mass is 198 g/mol. The van der Waals surface area contributed by atoms with Gasteiger partial charge in [-0.15, -0.1) is 0 Å². The van der Waals surface area contributed by atoms with Crippen molar-refractivity contribution in [2.45, 2.75) is 19.9 Å². The second-order valence-corrected chi connectivity index (χ2v) is 4.04. The summed E-state index contributed by atoms with van der Waals surface area (Å²) in [6.45, 7) is 3.04. The highest BCUT2D eigenvalue weighted by atomic mass is 32.2. The van der Waals surface area contributed by atoms with Gasteiger partial charge in [-0.05, 0) is 17.9 Å². The molecule has 0 aliphatic rings. The smallest absolute Gasteiger partial charge is 0.185 e. The molecule has 1 aromatic heterocycles. The van der Waals surface area contributed by atoms with E-state index in [9.17, 15) is 4.79 Å². The summed E-state index contributed by atoms with van der Waals surface area (Å²) in [7, 11) is 0. The SMILES string of the molecule is CCSCCCn1ccnc1C=O. The fourth-order valence-corrected chi connectivity index (χ4v) is 1.73. The third-order valence-corrected chi connectivity index (χ3v) is 2.73. The van der Waals surface area contributed by atoms with Crippen LogP contribution >= 0.6 is 11.8 Å². The van der Waals surface area contributed by atoms with Crippen molar-refractivity contribution >= 4 is 18.0 Å². The van der Waals surface area contributed by atoms with Gasteiger partial charge in [0.15, 0.2) is 12.1 Å². The van der Waals surface area contributed by atoms with Crippen LogP contribution in [0.2, 0.25) is 0 Å². The predicted molar refractivity (Wildman–Crippen MR) is 55.2 cm³/mol. The van der Waals surface area contributed by atoms with E-state index in [0.717, 1.165) is 30.8 Å². The Morgan fingerprint density at radius 1 is 1.69 bits per heavy atom. The summed E-state index contributed by atoms with van der Waals surface area (Å²) >= 11 is 1.92. The molecule has 0 N–H and O–H groups in total. The zero-order chi connectivity index (χ0) is 9.52. The second-order valence-electron chi connectivity index (χ2n) is 2.65. The molecule has 0 radical (unpaired) electrons. The summed E-state index contributed by atoms with van der Waals surface area (Å²) in [5.41, 5.74) is 0. The predicted octanol–water partition coefficient (Wildman–Crippen LogP) is 1.84. The highest BCUT2D eigenvalue weighted by Crippen LogP contribution is 2.03. The lowest BCUT2D eigenvalue weighted by atomic mass is 10.4. The molecular formula is C9H14N2OS. The van der Waals surface area contributed by atoms with Gasteiger partial charge in [0.1, 0.15) is 0 Å². The first-order chi connectivity index (χ1) is 6.38. The average molecular weight is 198 g/mol. The van der Waals surface area contributed by atoms with Crippen molar-refractivity contribution in [1.29, 1.82) is 0 Å². The van der Waals surface area contributed by atoms with Crippen LogP contribution < -0.4 is 0 Å². The van der Waals surface area contributed by atoms with E-state index in [2.05, 4.69) is 11.9 Å². The standard InChI is InChI=1S/C9H14N2OS/c1-2-13-7-3-5-11-6-4-10-9(11)8-12/h4,6,8H,2-3,5,7H2,1H3. The number of hydrogen-bond acceptors (Lipinski definition) is 3. The molecule has 0 saturated carbocycles. The van der Waals surface area contributed by atoms with E-state index in [1.807, 2.05) is 22.5 Å². The molecule has 0 aromatic carbocycles. The number of rotatable bonds is 6. The maximum absolute atomic E-state index is 10.5. The largest absolute Gasteiger partial charge is 0.329 e. The van der Waals surface area contributed by atoms with E-state index in [1.54, 1.807) is 6.20 Å². The Morgan fingerprint density at radius 3 is 3.23 bits per heavy atom. The molecule has 0 amide bonds. The van der Waals surface area contributed by atoms with E-state index >= 15 is 0 Å². The zero-order valence-electron chi connectivity index (χ0n) is 7.77. The Balaban J connectivity index is 2.31. The number of nitrogens with zero attached hydrogens (tertiary/aromatic N) is 2. The number of thioether (sulfide) groups is 1. The van der Waals surface area contributed by atoms with Crippen molar-refractivity contribution in [3.8, 4) is 0 Å². The Bertz CT molecular complexity index is 260. The molecular weight excluding hydrogens is 184 g/mol. The van der Waals surface area contributed by atoms with Gasteiger partial charge in [-0.1, -0.05) is 6.92 Å². The van der Waals surface area contributed by atoms with Crippen molar-refractivity contribution in [2.24, 2.45) is 0 Å². The van der Waals surface area contributed by atoms with Crippen LogP contribution in [0.3, 0.4) is 0 Å². The van der Waals surface area contributed by atoms with Crippen LogP contribution in [-0.4, -0.2) is 27.3 Å². The molecule has 0 bridgehead atoms. The van der Waals surface area contributed by atoms with Crippen LogP contribution in [0.15, 0.2) is 12.4 Å². The maximum Gasteiger partial charge on any atom is 0.185 e. The fraction of sp³-hybridized carbons (Fsp3) is 0.556. The zero-order valence-corrected chi connectivity index (χ0v) is 8.59. The van der Waals surface area contributed by atoms with Gasteiger partial charge in [0.05, 0.1) is 0 Å². The molecule has 1 aromatic rings. The Morgan fingerprint density at radius 2 is 2.54 bits per heavy atom. The molecule has 72 valence electrons. The fourth-order valence-electron chi connectivity index (χ4n) is 1.11. The molecule has 0 aliphatic heterocycles. The van der Waals surface area contributed by atoms with Crippen LogP contribution in [-0.2, 0) is 6.54 Å². The average Bonchev–Trinajstić information content (AvgIpc) is 2.60. The molecule has 1 heterocycles. The molecule has 0 spiro atoms. The number of imidazole rings is 1. The Hall–Kier alpha value is -0.770. The minimum absolute atomic E-state index is 0.529. The van der Waals surface area contributed by atoms with Crippen molar-refractivity contribution in [3.05, 3.63) is 18.2 Å². The van der Waals surface area contributed by atoms with Crippen molar-refractivity contribution < 1.29 is 4.79 Å². The van der Waals surface area contributed by atoms with Gasteiger partial charge in [-0.3, -0.25) is 4.79 Å². The topological polar surface area (TPSA) is 34.9 Å². The molecule has 13 heavy (non-hydrogen) atoms. The molecule has 3 nitrogen and oxygen atoms in total. The van der Waals surface area contributed by atoms with Crippen molar-refractivity contribution in [2.75, 3.05) is 11.5 Å². The molecule has 0 saturated heterocycles. The lowest BCUT2D eigenvalue weighted by Crippen LogP contribution is -2.02. The quantitative estimate of drug-likeness (QED) is 0.517. The van der Waals surface area contributed by atoms with Gasteiger partial charge in [0.25, 0.3) is 0 Å². The molecule has 0 unspecified atom stereocenters. The van der Waals surface area contributed by atoms with E-state index in [-0.39, 0.29) is 0 Å². The number of aromatic nitrogens is 2. The lowest BCUT2D eigenvalue weighted by Gasteiger charge is -2.02. The lowest BCUT2D eigenvalue weighted by molar-refractivity contribution is 0.111. The van der Waals surface area contributed by atoms with Gasteiger partial charge in [-0.2, -0.15) is 11.8 Å². The Kier molecular flexibility index (Phi) is 4.60. The van der Waals surface area contributed by atoms with E-state index < -0.39 is 0 Å².